The minimum absolute atomic E-state index is 0.0163. The minimum atomic E-state index is -0.0163. The highest BCUT2D eigenvalue weighted by atomic mass is 32.2. The highest BCUT2D eigenvalue weighted by Crippen LogP contribution is 2.55. The lowest BCUT2D eigenvalue weighted by molar-refractivity contribution is -0.150. The van der Waals surface area contributed by atoms with Crippen LogP contribution in [0.15, 0.2) is 18.3 Å². The molecule has 164 valence electrons. The quantitative estimate of drug-likeness (QED) is 0.461. The number of nitrogens with zero attached hydrogens (tertiary/aromatic N) is 1. The number of carbonyl (C=O) groups excluding carboxylic acids is 2. The van der Waals surface area contributed by atoms with Crippen LogP contribution in [0, 0.1) is 29.6 Å². The van der Waals surface area contributed by atoms with Gasteiger partial charge in [-0.25, -0.2) is 4.98 Å². The Morgan fingerprint density at radius 1 is 1.13 bits per heavy atom. The van der Waals surface area contributed by atoms with Gasteiger partial charge >= 0.3 is 5.97 Å². The van der Waals surface area contributed by atoms with Gasteiger partial charge in [-0.05, 0) is 61.1 Å². The lowest BCUT2D eigenvalue weighted by Crippen LogP contribution is -2.27. The normalized spacial score (nSPS) is 30.2. The third-order valence-corrected chi connectivity index (χ3v) is 8.18. The van der Waals surface area contributed by atoms with E-state index in [0.717, 1.165) is 36.3 Å². The number of thioether (sulfide) groups is 1. The molecule has 0 spiro atoms. The lowest BCUT2D eigenvalue weighted by Gasteiger charge is -2.26. The molecule has 4 atom stereocenters. The number of amides is 1. The van der Waals surface area contributed by atoms with E-state index >= 15 is 0 Å². The molecule has 4 unspecified atom stereocenters. The molecule has 1 aromatic heterocycles. The molecule has 5 nitrogen and oxygen atoms in total. The molecule has 1 heterocycles. The van der Waals surface area contributed by atoms with Crippen molar-refractivity contribution in [3.63, 3.8) is 0 Å². The van der Waals surface area contributed by atoms with Gasteiger partial charge in [-0.1, -0.05) is 32.6 Å². The summed E-state index contributed by atoms with van der Waals surface area (Å²) < 4.78 is 5.52. The summed E-state index contributed by atoms with van der Waals surface area (Å²) >= 11 is 1.74. The average Bonchev–Trinajstić information content (AvgIpc) is 3.48. The second kappa shape index (κ2) is 10.2. The fourth-order valence-electron chi connectivity index (χ4n) is 5.39. The van der Waals surface area contributed by atoms with Crippen LogP contribution >= 0.6 is 11.8 Å². The van der Waals surface area contributed by atoms with E-state index in [1.165, 1.54) is 32.1 Å². The van der Waals surface area contributed by atoms with Crippen molar-refractivity contribution in [3.8, 4) is 0 Å². The Balaban J connectivity index is 1.16. The van der Waals surface area contributed by atoms with Crippen molar-refractivity contribution in [2.45, 2.75) is 64.0 Å². The zero-order valence-electron chi connectivity index (χ0n) is 18.0. The van der Waals surface area contributed by atoms with E-state index in [2.05, 4.69) is 17.2 Å². The fourth-order valence-corrected chi connectivity index (χ4v) is 6.15. The topological polar surface area (TPSA) is 68.3 Å². The van der Waals surface area contributed by atoms with Crippen LogP contribution in [0.1, 0.15) is 63.9 Å². The van der Waals surface area contributed by atoms with Crippen LogP contribution in [0.4, 0.5) is 5.82 Å². The van der Waals surface area contributed by atoms with Crippen LogP contribution in [0.25, 0.3) is 0 Å². The number of anilines is 1. The van der Waals surface area contributed by atoms with E-state index in [1.807, 2.05) is 12.1 Å². The first-order valence-electron chi connectivity index (χ1n) is 11.6. The first-order chi connectivity index (χ1) is 14.6. The van der Waals surface area contributed by atoms with Crippen LogP contribution in [0.2, 0.25) is 0 Å². The molecule has 30 heavy (non-hydrogen) atoms. The summed E-state index contributed by atoms with van der Waals surface area (Å²) in [5, 5.41) is 3.03. The molecule has 3 fully saturated rings. The van der Waals surface area contributed by atoms with E-state index in [9.17, 15) is 9.59 Å². The Labute approximate surface area is 184 Å². The number of pyridine rings is 1. The Kier molecular flexibility index (Phi) is 7.34. The van der Waals surface area contributed by atoms with Gasteiger partial charge in [0.1, 0.15) is 12.4 Å². The fraction of sp³-hybridized carbons (Fsp3) is 0.708. The second-order valence-electron chi connectivity index (χ2n) is 9.26. The summed E-state index contributed by atoms with van der Waals surface area (Å²) in [4.78, 5) is 29.1. The molecular weight excluding hydrogens is 396 g/mol. The predicted molar refractivity (Wildman–Crippen MR) is 120 cm³/mol. The maximum atomic E-state index is 12.6. The average molecular weight is 431 g/mol. The number of fused-ring (bicyclic) bond motifs is 1. The minimum Gasteiger partial charge on any atom is -0.465 e. The van der Waals surface area contributed by atoms with E-state index in [-0.39, 0.29) is 23.7 Å². The lowest BCUT2D eigenvalue weighted by atomic mass is 9.80. The van der Waals surface area contributed by atoms with Gasteiger partial charge in [-0.15, -0.1) is 0 Å². The largest absolute Gasteiger partial charge is 0.465 e. The van der Waals surface area contributed by atoms with Crippen molar-refractivity contribution < 1.29 is 14.3 Å². The van der Waals surface area contributed by atoms with Gasteiger partial charge in [0.15, 0.2) is 0 Å². The number of rotatable bonds is 8. The summed E-state index contributed by atoms with van der Waals surface area (Å²) in [6.45, 7) is 2.63. The van der Waals surface area contributed by atoms with Gasteiger partial charge in [-0.3, -0.25) is 9.59 Å². The maximum absolute atomic E-state index is 12.6. The van der Waals surface area contributed by atoms with Gasteiger partial charge in [0.2, 0.25) is 5.91 Å². The predicted octanol–water partition coefficient (Wildman–Crippen LogP) is 5.06. The molecule has 0 aromatic carbocycles. The van der Waals surface area contributed by atoms with Crippen LogP contribution in [0.3, 0.4) is 0 Å². The number of carbonyl (C=O) groups is 2. The van der Waals surface area contributed by atoms with Crippen LogP contribution in [-0.4, -0.2) is 29.2 Å². The van der Waals surface area contributed by atoms with Gasteiger partial charge in [-0.2, -0.15) is 11.8 Å². The van der Waals surface area contributed by atoms with Gasteiger partial charge < -0.3 is 10.1 Å². The smallest absolute Gasteiger partial charge is 0.309 e. The molecule has 3 aliphatic rings. The standard InChI is InChI=1S/C24H34N2O3S/c1-16-6-2-3-7-18(16)24(28)29-12-13-30-15-17-10-11-25-21(14-17)26-23(27)22-19-8-4-5-9-20(19)22/h10-11,14,16,18-20,22H,2-9,12-13,15H2,1H3,(H,25,26,27). The van der Waals surface area contributed by atoms with Crippen molar-refractivity contribution in [1.82, 2.24) is 4.98 Å². The Morgan fingerprint density at radius 3 is 2.63 bits per heavy atom. The molecule has 4 rings (SSSR count). The van der Waals surface area contributed by atoms with Crippen molar-refractivity contribution in [2.75, 3.05) is 17.7 Å². The van der Waals surface area contributed by atoms with E-state index in [1.54, 1.807) is 18.0 Å². The number of hydrogen-bond donors (Lipinski definition) is 1. The number of nitrogens with one attached hydrogen (secondary N) is 1. The third-order valence-electron chi connectivity index (χ3n) is 7.19. The van der Waals surface area contributed by atoms with E-state index in [4.69, 9.17) is 4.74 Å². The van der Waals surface area contributed by atoms with E-state index < -0.39 is 0 Å². The number of ether oxygens (including phenoxy) is 1. The van der Waals surface area contributed by atoms with Crippen molar-refractivity contribution in [2.24, 2.45) is 29.6 Å². The first kappa shape index (κ1) is 21.7. The molecule has 0 radical (unpaired) electrons. The molecule has 0 bridgehead atoms. The summed E-state index contributed by atoms with van der Waals surface area (Å²) in [6, 6.07) is 3.95. The van der Waals surface area contributed by atoms with Gasteiger partial charge in [0, 0.05) is 23.6 Å². The van der Waals surface area contributed by atoms with E-state index in [0.29, 0.717) is 30.2 Å². The molecule has 1 aromatic rings. The summed E-state index contributed by atoms with van der Waals surface area (Å²) in [5.41, 5.74) is 1.13. The molecule has 0 saturated heterocycles. The highest BCUT2D eigenvalue weighted by Gasteiger charge is 2.54. The SMILES string of the molecule is CC1CCCCC1C(=O)OCCSCc1ccnc(NC(=O)C2C3CCCCC32)c1. The molecular formula is C24H34N2O3S. The molecule has 6 heteroatoms. The van der Waals surface area contributed by atoms with Crippen molar-refractivity contribution in [3.05, 3.63) is 23.9 Å². The van der Waals surface area contributed by atoms with Gasteiger partial charge in [0.25, 0.3) is 0 Å². The van der Waals surface area contributed by atoms with Crippen molar-refractivity contribution >= 4 is 29.5 Å². The number of esters is 1. The molecule has 3 saturated carbocycles. The zero-order valence-corrected chi connectivity index (χ0v) is 18.8. The Bertz CT molecular complexity index is 744. The molecule has 3 aliphatic carbocycles. The summed E-state index contributed by atoms with van der Waals surface area (Å²) in [6.07, 6.45) is 11.2. The molecule has 1 amide bonds. The highest BCUT2D eigenvalue weighted by molar-refractivity contribution is 7.98. The Morgan fingerprint density at radius 2 is 1.87 bits per heavy atom. The zero-order chi connectivity index (χ0) is 20.9. The number of aromatic nitrogens is 1. The van der Waals surface area contributed by atoms with Crippen LogP contribution in [-0.2, 0) is 20.1 Å². The monoisotopic (exact) mass is 430 g/mol. The number of hydrogen-bond acceptors (Lipinski definition) is 5. The third kappa shape index (κ3) is 5.37. The van der Waals surface area contributed by atoms with Crippen LogP contribution in [0.5, 0.6) is 0 Å². The summed E-state index contributed by atoms with van der Waals surface area (Å²) in [5.74, 6) is 4.33. The molecule has 0 aliphatic heterocycles. The Hall–Kier alpha value is -1.56. The first-order valence-corrected chi connectivity index (χ1v) is 12.8. The van der Waals surface area contributed by atoms with Gasteiger partial charge in [0.05, 0.1) is 5.92 Å². The van der Waals surface area contributed by atoms with Crippen LogP contribution < -0.4 is 5.32 Å². The maximum Gasteiger partial charge on any atom is 0.309 e. The van der Waals surface area contributed by atoms with Crippen molar-refractivity contribution in [1.29, 1.82) is 0 Å². The second-order valence-corrected chi connectivity index (χ2v) is 10.4. The molecule has 1 N–H and O–H groups in total. The summed E-state index contributed by atoms with van der Waals surface area (Å²) in [7, 11) is 0.